The number of allylic oxidation sites excluding steroid dienone is 2. The average molecular weight is 927 g/mol. The highest BCUT2D eigenvalue weighted by atomic mass is 16.6. The molecule has 0 heterocycles. The number of esters is 3. The Kier molecular flexibility index (Phi) is 18.9. The van der Waals surface area contributed by atoms with Gasteiger partial charge in [0.15, 0.2) is 0 Å². The molecule has 378 valence electrons. The lowest BCUT2D eigenvalue weighted by atomic mass is 9.33. The van der Waals surface area contributed by atoms with Crippen molar-refractivity contribution in [2.75, 3.05) is 0 Å². The first-order valence-corrected chi connectivity index (χ1v) is 28.3. The third-order valence-electron chi connectivity index (χ3n) is 19.6. The Hall–Kier alpha value is -2.63. The molecule has 0 saturated heterocycles. The normalized spacial score (nSPS) is 32.7. The number of benzene rings is 1. The fourth-order valence-corrected chi connectivity index (χ4v) is 15.5. The molecule has 6 heteroatoms. The van der Waals surface area contributed by atoms with Gasteiger partial charge < -0.3 is 14.2 Å². The van der Waals surface area contributed by atoms with Gasteiger partial charge in [-0.3, -0.25) is 14.4 Å². The molecule has 0 amide bonds. The molecule has 4 saturated carbocycles. The molecule has 1 aromatic carbocycles. The van der Waals surface area contributed by atoms with E-state index in [2.05, 4.69) is 68.4 Å². The van der Waals surface area contributed by atoms with Crippen molar-refractivity contribution in [1.82, 2.24) is 0 Å². The molecule has 5 aliphatic rings. The molecule has 0 N–H and O–H groups in total. The van der Waals surface area contributed by atoms with Gasteiger partial charge in [-0.05, 0) is 116 Å². The molecule has 9 atom stereocenters. The van der Waals surface area contributed by atoms with Crippen molar-refractivity contribution < 1.29 is 28.6 Å². The smallest absolute Gasteiger partial charge is 0.313 e. The van der Waals surface area contributed by atoms with Crippen LogP contribution in [0.5, 0.6) is 0 Å². The molecule has 1 aromatic rings. The predicted octanol–water partition coefficient (Wildman–Crippen LogP) is 16.8. The summed E-state index contributed by atoms with van der Waals surface area (Å²) in [6, 6.07) is 10.1. The van der Waals surface area contributed by atoms with Crippen molar-refractivity contribution in [2.24, 2.45) is 50.2 Å². The lowest BCUT2D eigenvalue weighted by Crippen LogP contribution is -2.67. The monoisotopic (exact) mass is 927 g/mol. The number of unbranched alkanes of at least 4 members (excludes halogenated alkanes) is 16. The first-order chi connectivity index (χ1) is 32.0. The number of hydrogen-bond donors (Lipinski definition) is 0. The molecular formula is C61H98O6. The minimum Gasteiger partial charge on any atom is -0.460 e. The number of carbonyl (C=O) groups is 3. The lowest BCUT2D eigenvalue weighted by Gasteiger charge is -2.71. The first kappa shape index (κ1) is 53.7. The van der Waals surface area contributed by atoms with Crippen molar-refractivity contribution in [3.63, 3.8) is 0 Å². The van der Waals surface area contributed by atoms with E-state index < -0.39 is 17.6 Å². The summed E-state index contributed by atoms with van der Waals surface area (Å²) in [5.74, 6) is 0.559. The fraction of sp³-hybridized carbons (Fsp3) is 0.820. The number of rotatable bonds is 25. The van der Waals surface area contributed by atoms with Crippen LogP contribution in [0.1, 0.15) is 254 Å². The van der Waals surface area contributed by atoms with Gasteiger partial charge in [0.2, 0.25) is 0 Å². The summed E-state index contributed by atoms with van der Waals surface area (Å²) in [4.78, 5) is 42.4. The van der Waals surface area contributed by atoms with Crippen LogP contribution in [0.4, 0.5) is 0 Å². The Morgan fingerprint density at radius 2 is 1.13 bits per heavy atom. The molecule has 6 rings (SSSR count). The molecular weight excluding hydrogens is 829 g/mol. The second-order valence-electron chi connectivity index (χ2n) is 25.1. The second kappa shape index (κ2) is 23.5. The summed E-state index contributed by atoms with van der Waals surface area (Å²) in [6.45, 7) is 22.0. The van der Waals surface area contributed by atoms with E-state index in [0.29, 0.717) is 37.7 Å². The van der Waals surface area contributed by atoms with Crippen molar-refractivity contribution in [1.29, 1.82) is 0 Å². The molecule has 0 bridgehead atoms. The molecule has 4 fully saturated rings. The summed E-state index contributed by atoms with van der Waals surface area (Å²) < 4.78 is 19.6. The van der Waals surface area contributed by atoms with Crippen molar-refractivity contribution in [3.05, 3.63) is 47.5 Å². The number of fused-ring (bicyclic) bond motifs is 7. The van der Waals surface area contributed by atoms with E-state index in [-0.39, 0.29) is 50.9 Å². The van der Waals surface area contributed by atoms with Crippen LogP contribution in [0.15, 0.2) is 42.0 Å². The van der Waals surface area contributed by atoms with E-state index in [1.807, 2.05) is 30.3 Å². The standard InChI is InChI=1S/C61H98O6/c1-10-12-14-16-18-20-22-24-29-33-52(62)66-49-44-58(7)50(57(5,6)54(49)67-53(63)34-30-25-23-21-19-17-15-13-11-2)37-38-60(9)51(58)36-35-47-48-43-56(3,4)39-41-61(48,42-40-59(47,60)8)55(64)65-45-46-31-27-26-28-32-46/h26-28,31-32,35,48-51,54H,10-25,29-30,33-34,36-45H2,1-9H3/t48-,49+,50-,51+,54-,58-,59+,60+,61-/m0/s1. The average Bonchev–Trinajstić information content (AvgIpc) is 3.28. The maximum absolute atomic E-state index is 14.6. The number of carbonyl (C=O) groups excluding carboxylic acids is 3. The van der Waals surface area contributed by atoms with Crippen LogP contribution in [-0.4, -0.2) is 30.1 Å². The van der Waals surface area contributed by atoms with Gasteiger partial charge in [0.05, 0.1) is 5.41 Å². The highest BCUT2D eigenvalue weighted by molar-refractivity contribution is 5.79. The highest BCUT2D eigenvalue weighted by Crippen LogP contribution is 2.76. The van der Waals surface area contributed by atoms with Crippen LogP contribution in [-0.2, 0) is 35.2 Å². The van der Waals surface area contributed by atoms with Crippen LogP contribution in [0.25, 0.3) is 0 Å². The molecule has 6 nitrogen and oxygen atoms in total. The zero-order valence-electron chi connectivity index (χ0n) is 44.5. The Morgan fingerprint density at radius 1 is 0.597 bits per heavy atom. The first-order valence-electron chi connectivity index (χ1n) is 28.3. The van der Waals surface area contributed by atoms with Crippen LogP contribution in [0, 0.1) is 50.2 Å². The SMILES string of the molecule is CCCCCCCCCCCC(=O)O[C@@H]1C[C@]2(C)[C@H]3CC=C4[C@@H]5CC(C)(C)CC[C@]5(C(=O)OCc5ccccc5)CC[C@@]4(C)[C@]3(C)CC[C@H]2C(C)(C)[C@H]1OC(=O)CCCCCCCCCCC. The van der Waals surface area contributed by atoms with Gasteiger partial charge in [-0.15, -0.1) is 0 Å². The quantitative estimate of drug-likeness (QED) is 0.0421. The maximum atomic E-state index is 14.6. The Labute approximate surface area is 410 Å². The largest absolute Gasteiger partial charge is 0.460 e. The highest BCUT2D eigenvalue weighted by Gasteiger charge is 2.71. The molecule has 0 radical (unpaired) electrons. The minimum absolute atomic E-state index is 0.00207. The molecule has 5 aliphatic carbocycles. The van der Waals surface area contributed by atoms with Crippen molar-refractivity contribution in [2.45, 2.75) is 267 Å². The Balaban J connectivity index is 1.20. The van der Waals surface area contributed by atoms with Crippen molar-refractivity contribution >= 4 is 17.9 Å². The third-order valence-corrected chi connectivity index (χ3v) is 19.6. The molecule has 67 heavy (non-hydrogen) atoms. The Morgan fingerprint density at radius 3 is 1.72 bits per heavy atom. The van der Waals surface area contributed by atoms with E-state index in [1.165, 1.54) is 89.0 Å². The Bertz CT molecular complexity index is 1780. The lowest BCUT2D eigenvalue weighted by molar-refractivity contribution is -0.245. The van der Waals surface area contributed by atoms with Gasteiger partial charge in [0.25, 0.3) is 0 Å². The fourth-order valence-electron chi connectivity index (χ4n) is 15.5. The summed E-state index contributed by atoms with van der Waals surface area (Å²) in [6.07, 6.45) is 32.7. The van der Waals surface area contributed by atoms with E-state index in [9.17, 15) is 14.4 Å². The predicted molar refractivity (Wildman–Crippen MR) is 274 cm³/mol. The molecule has 0 spiro atoms. The second-order valence-corrected chi connectivity index (χ2v) is 25.1. The van der Waals surface area contributed by atoms with Gasteiger partial charge in [0, 0.05) is 18.3 Å². The maximum Gasteiger partial charge on any atom is 0.313 e. The topological polar surface area (TPSA) is 78.9 Å². The van der Waals surface area contributed by atoms with Crippen LogP contribution < -0.4 is 0 Å². The van der Waals surface area contributed by atoms with Gasteiger partial charge in [-0.2, -0.15) is 0 Å². The summed E-state index contributed by atoms with van der Waals surface area (Å²) in [5.41, 5.74) is 1.61. The van der Waals surface area contributed by atoms with E-state index in [0.717, 1.165) is 89.0 Å². The minimum atomic E-state index is -0.494. The van der Waals surface area contributed by atoms with Crippen molar-refractivity contribution in [3.8, 4) is 0 Å². The molecule has 0 aromatic heterocycles. The van der Waals surface area contributed by atoms with Gasteiger partial charge in [0.1, 0.15) is 18.8 Å². The zero-order chi connectivity index (χ0) is 48.4. The number of hydrogen-bond acceptors (Lipinski definition) is 6. The summed E-state index contributed by atoms with van der Waals surface area (Å²) in [5, 5.41) is 0. The molecule has 0 unspecified atom stereocenters. The van der Waals surface area contributed by atoms with E-state index in [4.69, 9.17) is 14.2 Å². The number of ether oxygens (including phenoxy) is 3. The van der Waals surface area contributed by atoms with Crippen LogP contribution in [0.2, 0.25) is 0 Å². The summed E-state index contributed by atoms with van der Waals surface area (Å²) >= 11 is 0. The molecule has 0 aliphatic heterocycles. The van der Waals surface area contributed by atoms with E-state index >= 15 is 0 Å². The van der Waals surface area contributed by atoms with Gasteiger partial charge in [-0.1, -0.05) is 207 Å². The van der Waals surface area contributed by atoms with Gasteiger partial charge >= 0.3 is 17.9 Å². The summed E-state index contributed by atoms with van der Waals surface area (Å²) in [7, 11) is 0. The van der Waals surface area contributed by atoms with Gasteiger partial charge in [-0.25, -0.2) is 0 Å². The zero-order valence-corrected chi connectivity index (χ0v) is 44.5. The van der Waals surface area contributed by atoms with Crippen LogP contribution in [0.3, 0.4) is 0 Å². The third kappa shape index (κ3) is 12.1. The van der Waals surface area contributed by atoms with Crippen LogP contribution >= 0.6 is 0 Å². The van der Waals surface area contributed by atoms with E-state index in [1.54, 1.807) is 0 Å².